The number of amides is 1. The standard InChI is InChI=1S/C14H23F2NO4/c1-5-20-11(18)9-7-6-8-14(15,16)10(9)17-12(19)21-13(2,3)4/h9-10H,5-8H2,1-4H3,(H,17,19)/t9-,10+/m0/s1. The number of halogens is 2. The number of hydrogen-bond acceptors (Lipinski definition) is 4. The maximum atomic E-state index is 14.0. The van der Waals surface area contributed by atoms with Crippen LogP contribution in [0.4, 0.5) is 13.6 Å². The molecule has 1 fully saturated rings. The summed E-state index contributed by atoms with van der Waals surface area (Å²) >= 11 is 0. The Bertz CT molecular complexity index is 393. The molecular formula is C14H23F2NO4. The van der Waals surface area contributed by atoms with E-state index in [4.69, 9.17) is 9.47 Å². The Morgan fingerprint density at radius 1 is 1.33 bits per heavy atom. The number of ether oxygens (including phenoxy) is 2. The van der Waals surface area contributed by atoms with E-state index in [1.54, 1.807) is 27.7 Å². The van der Waals surface area contributed by atoms with Crippen molar-refractivity contribution in [3.63, 3.8) is 0 Å². The van der Waals surface area contributed by atoms with Gasteiger partial charge in [-0.3, -0.25) is 4.79 Å². The van der Waals surface area contributed by atoms with Crippen LogP contribution in [0.15, 0.2) is 0 Å². The molecule has 5 nitrogen and oxygen atoms in total. The lowest BCUT2D eigenvalue weighted by Crippen LogP contribution is -2.57. The van der Waals surface area contributed by atoms with E-state index >= 15 is 0 Å². The first-order chi connectivity index (χ1) is 9.57. The highest BCUT2D eigenvalue weighted by Crippen LogP contribution is 2.37. The van der Waals surface area contributed by atoms with Crippen molar-refractivity contribution in [3.05, 3.63) is 0 Å². The molecule has 0 bridgehead atoms. The van der Waals surface area contributed by atoms with Gasteiger partial charge in [-0.05, 0) is 40.5 Å². The molecule has 0 unspecified atom stereocenters. The molecule has 122 valence electrons. The third-order valence-corrected chi connectivity index (χ3v) is 3.14. The number of alkyl halides is 2. The first-order valence-electron chi connectivity index (χ1n) is 7.11. The van der Waals surface area contributed by atoms with E-state index in [-0.39, 0.29) is 25.9 Å². The molecule has 7 heteroatoms. The third kappa shape index (κ3) is 5.13. The molecular weight excluding hydrogens is 284 g/mol. The molecule has 0 saturated heterocycles. The van der Waals surface area contributed by atoms with Crippen molar-refractivity contribution in [2.45, 2.75) is 64.5 Å². The van der Waals surface area contributed by atoms with Crippen LogP contribution in [0.25, 0.3) is 0 Å². The molecule has 1 aliphatic carbocycles. The lowest BCUT2D eigenvalue weighted by molar-refractivity contribution is -0.159. The Morgan fingerprint density at radius 3 is 2.48 bits per heavy atom. The quantitative estimate of drug-likeness (QED) is 0.814. The number of carbonyl (C=O) groups is 2. The van der Waals surface area contributed by atoms with Gasteiger partial charge in [0.15, 0.2) is 0 Å². The number of hydrogen-bond donors (Lipinski definition) is 1. The summed E-state index contributed by atoms with van der Waals surface area (Å²) in [7, 11) is 0. The zero-order chi connectivity index (χ0) is 16.3. The van der Waals surface area contributed by atoms with Gasteiger partial charge in [0, 0.05) is 6.42 Å². The Kier molecular flexibility index (Phi) is 5.53. The molecule has 0 aromatic heterocycles. The molecule has 1 saturated carbocycles. The van der Waals surface area contributed by atoms with Crippen LogP contribution in [-0.4, -0.2) is 36.2 Å². The largest absolute Gasteiger partial charge is 0.466 e. The number of carbonyl (C=O) groups excluding carboxylic acids is 2. The predicted molar refractivity (Wildman–Crippen MR) is 72.1 cm³/mol. The fraction of sp³-hybridized carbons (Fsp3) is 0.857. The summed E-state index contributed by atoms with van der Waals surface area (Å²) in [5.74, 6) is -4.92. The summed E-state index contributed by atoms with van der Waals surface area (Å²) in [6, 6.07) is -1.60. The average Bonchev–Trinajstić information content (AvgIpc) is 2.29. The molecule has 0 radical (unpaired) electrons. The van der Waals surface area contributed by atoms with Crippen molar-refractivity contribution in [1.82, 2.24) is 5.32 Å². The number of nitrogens with one attached hydrogen (secondary N) is 1. The van der Waals surface area contributed by atoms with Gasteiger partial charge in [-0.2, -0.15) is 0 Å². The molecule has 1 amide bonds. The Labute approximate surface area is 123 Å². The molecule has 1 N–H and O–H groups in total. The van der Waals surface area contributed by atoms with Crippen LogP contribution in [0.3, 0.4) is 0 Å². The lowest BCUT2D eigenvalue weighted by atomic mass is 9.81. The molecule has 0 spiro atoms. The van der Waals surface area contributed by atoms with Crippen LogP contribution in [0.5, 0.6) is 0 Å². The first kappa shape index (κ1) is 17.7. The molecule has 0 heterocycles. The van der Waals surface area contributed by atoms with Gasteiger partial charge in [0.1, 0.15) is 11.6 Å². The van der Waals surface area contributed by atoms with Gasteiger partial charge >= 0.3 is 12.1 Å². The van der Waals surface area contributed by atoms with E-state index in [9.17, 15) is 18.4 Å². The van der Waals surface area contributed by atoms with Crippen LogP contribution >= 0.6 is 0 Å². The summed E-state index contributed by atoms with van der Waals surface area (Å²) in [6.45, 7) is 6.62. The summed E-state index contributed by atoms with van der Waals surface area (Å²) in [5, 5.41) is 2.14. The zero-order valence-corrected chi connectivity index (χ0v) is 12.9. The second-order valence-corrected chi connectivity index (χ2v) is 6.14. The Morgan fingerprint density at radius 2 is 1.95 bits per heavy atom. The van der Waals surface area contributed by atoms with Crippen molar-refractivity contribution >= 4 is 12.1 Å². The van der Waals surface area contributed by atoms with E-state index in [2.05, 4.69) is 5.32 Å². The van der Waals surface area contributed by atoms with Crippen molar-refractivity contribution in [1.29, 1.82) is 0 Å². The van der Waals surface area contributed by atoms with Gasteiger partial charge in [0.2, 0.25) is 0 Å². The smallest absolute Gasteiger partial charge is 0.408 e. The summed E-state index contributed by atoms with van der Waals surface area (Å²) in [5.41, 5.74) is -0.798. The topological polar surface area (TPSA) is 64.6 Å². The van der Waals surface area contributed by atoms with E-state index in [1.165, 1.54) is 0 Å². The fourth-order valence-corrected chi connectivity index (χ4v) is 2.32. The van der Waals surface area contributed by atoms with Crippen molar-refractivity contribution in [3.8, 4) is 0 Å². The highest BCUT2D eigenvalue weighted by Gasteiger charge is 2.51. The molecule has 1 rings (SSSR count). The highest BCUT2D eigenvalue weighted by molar-refractivity contribution is 5.76. The van der Waals surface area contributed by atoms with Crippen molar-refractivity contribution in [2.75, 3.05) is 6.61 Å². The van der Waals surface area contributed by atoms with E-state index in [0.717, 1.165) is 0 Å². The molecule has 1 aliphatic rings. The lowest BCUT2D eigenvalue weighted by Gasteiger charge is -2.37. The molecule has 0 aromatic carbocycles. The van der Waals surface area contributed by atoms with Crippen LogP contribution in [0.1, 0.15) is 47.0 Å². The average molecular weight is 307 g/mol. The minimum absolute atomic E-state index is 0.111. The predicted octanol–water partition coefficient (Wildman–Crippen LogP) is 2.88. The second kappa shape index (κ2) is 6.58. The van der Waals surface area contributed by atoms with E-state index in [1.807, 2.05) is 0 Å². The van der Waals surface area contributed by atoms with Crippen LogP contribution < -0.4 is 5.32 Å². The summed E-state index contributed by atoms with van der Waals surface area (Å²) < 4.78 is 37.9. The molecule has 0 aliphatic heterocycles. The van der Waals surface area contributed by atoms with Gasteiger partial charge in [-0.15, -0.1) is 0 Å². The number of rotatable bonds is 3. The van der Waals surface area contributed by atoms with Gasteiger partial charge < -0.3 is 14.8 Å². The minimum Gasteiger partial charge on any atom is -0.466 e. The zero-order valence-electron chi connectivity index (χ0n) is 12.9. The molecule has 0 aromatic rings. The van der Waals surface area contributed by atoms with Crippen LogP contribution in [0.2, 0.25) is 0 Å². The van der Waals surface area contributed by atoms with Crippen LogP contribution in [-0.2, 0) is 14.3 Å². The Hall–Kier alpha value is -1.40. The maximum Gasteiger partial charge on any atom is 0.408 e. The van der Waals surface area contributed by atoms with Gasteiger partial charge in [0.05, 0.1) is 12.5 Å². The monoisotopic (exact) mass is 307 g/mol. The highest BCUT2D eigenvalue weighted by atomic mass is 19.3. The summed E-state index contributed by atoms with van der Waals surface area (Å²) in [6.07, 6.45) is -0.857. The first-order valence-corrected chi connectivity index (χ1v) is 7.11. The minimum atomic E-state index is -3.16. The van der Waals surface area contributed by atoms with E-state index < -0.39 is 35.5 Å². The summed E-state index contributed by atoms with van der Waals surface area (Å²) in [4.78, 5) is 23.5. The number of alkyl carbamates (subject to hydrolysis) is 1. The maximum absolute atomic E-state index is 14.0. The van der Waals surface area contributed by atoms with Crippen molar-refractivity contribution < 1.29 is 27.8 Å². The third-order valence-electron chi connectivity index (χ3n) is 3.14. The molecule has 2 atom stereocenters. The van der Waals surface area contributed by atoms with Crippen molar-refractivity contribution in [2.24, 2.45) is 5.92 Å². The SMILES string of the molecule is CCOC(=O)[C@H]1CCCC(F)(F)[C@@H]1NC(=O)OC(C)(C)C. The van der Waals surface area contributed by atoms with Gasteiger partial charge in [-0.1, -0.05) is 0 Å². The Balaban J connectivity index is 2.84. The van der Waals surface area contributed by atoms with E-state index in [0.29, 0.717) is 0 Å². The normalized spacial score (nSPS) is 25.0. The second-order valence-electron chi connectivity index (χ2n) is 6.14. The van der Waals surface area contributed by atoms with Gasteiger partial charge in [-0.25, -0.2) is 13.6 Å². The van der Waals surface area contributed by atoms with Crippen LogP contribution in [0, 0.1) is 5.92 Å². The van der Waals surface area contributed by atoms with Gasteiger partial charge in [0.25, 0.3) is 5.92 Å². The fourth-order valence-electron chi connectivity index (χ4n) is 2.32. The number of esters is 1. The molecule has 21 heavy (non-hydrogen) atoms.